The second-order valence-electron chi connectivity index (χ2n) is 5.02. The number of rotatable bonds is 2. The molecule has 4 heteroatoms. The average Bonchev–Trinajstić information content (AvgIpc) is 2.80. The van der Waals surface area contributed by atoms with E-state index in [1.807, 2.05) is 49.5 Å². The molecule has 0 fully saturated rings. The molecule has 1 heterocycles. The minimum Gasteiger partial charge on any atom is -0.361 e. The lowest BCUT2D eigenvalue weighted by Crippen LogP contribution is -2.00. The number of H-pyrrole nitrogens is 1. The molecule has 0 aliphatic rings. The molecule has 1 N–H and O–H groups in total. The largest absolute Gasteiger partial charge is 0.361 e. The number of nitrogens with one attached hydrogen (secondary N) is 1. The summed E-state index contributed by atoms with van der Waals surface area (Å²) >= 11 is 0. The topological polar surface area (TPSA) is 49.9 Å². The summed E-state index contributed by atoms with van der Waals surface area (Å²) in [6.45, 7) is 1.96. The zero-order valence-electron chi connectivity index (χ0n) is 11.3. The summed E-state index contributed by atoms with van der Waals surface area (Å²) in [5.74, 6) is 0. The Labute approximate surface area is 118 Å². The lowest BCUT2D eigenvalue weighted by atomic mass is 10.0. The van der Waals surface area contributed by atoms with Crippen LogP contribution in [0.2, 0.25) is 0 Å². The third-order valence-electron chi connectivity index (χ3n) is 3.41. The molecule has 0 unspecified atom stereocenters. The Morgan fingerprint density at radius 2 is 1.75 bits per heavy atom. The van der Waals surface area contributed by atoms with Crippen LogP contribution < -0.4 is 0 Å². The molecule has 0 aliphatic carbocycles. The molecule has 0 spiro atoms. The van der Waals surface area contributed by atoms with Crippen molar-refractivity contribution in [3.63, 3.8) is 0 Å². The summed E-state index contributed by atoms with van der Waals surface area (Å²) in [7, 11) is -3.26. The molecule has 0 atom stereocenters. The number of aromatic nitrogens is 1. The maximum atomic E-state index is 12.0. The Kier molecular flexibility index (Phi) is 2.91. The maximum Gasteiger partial charge on any atom is 0.176 e. The van der Waals surface area contributed by atoms with E-state index in [4.69, 9.17) is 0 Å². The molecule has 3 aromatic rings. The van der Waals surface area contributed by atoms with Gasteiger partial charge in [-0.1, -0.05) is 35.9 Å². The Balaban J connectivity index is 2.37. The monoisotopic (exact) mass is 285 g/mol. The first-order valence-corrected chi connectivity index (χ1v) is 8.23. The first-order chi connectivity index (χ1) is 9.47. The quantitative estimate of drug-likeness (QED) is 0.783. The van der Waals surface area contributed by atoms with Gasteiger partial charge in [-0.2, -0.15) is 0 Å². The second-order valence-corrected chi connectivity index (χ2v) is 7.00. The van der Waals surface area contributed by atoms with E-state index in [0.717, 1.165) is 27.6 Å². The van der Waals surface area contributed by atoms with Crippen LogP contribution in [0.3, 0.4) is 0 Å². The minimum absolute atomic E-state index is 0.368. The number of benzene rings is 2. The molecule has 1 aromatic heterocycles. The zero-order valence-corrected chi connectivity index (χ0v) is 12.2. The summed E-state index contributed by atoms with van der Waals surface area (Å²) in [6.07, 6.45) is 3.12. The Hall–Kier alpha value is -2.07. The van der Waals surface area contributed by atoms with Crippen LogP contribution in [-0.2, 0) is 9.84 Å². The molecule has 20 heavy (non-hydrogen) atoms. The van der Waals surface area contributed by atoms with E-state index in [1.165, 1.54) is 6.26 Å². The van der Waals surface area contributed by atoms with Crippen molar-refractivity contribution in [1.82, 2.24) is 4.98 Å². The lowest BCUT2D eigenvalue weighted by Gasteiger charge is -2.08. The Morgan fingerprint density at radius 3 is 2.50 bits per heavy atom. The summed E-state index contributed by atoms with van der Waals surface area (Å²) in [4.78, 5) is 3.56. The van der Waals surface area contributed by atoms with Crippen molar-refractivity contribution in [2.24, 2.45) is 0 Å². The van der Waals surface area contributed by atoms with E-state index >= 15 is 0 Å². The van der Waals surface area contributed by atoms with Gasteiger partial charge in [-0.3, -0.25) is 0 Å². The number of aryl methyl sites for hydroxylation is 1. The number of aromatic amines is 1. The van der Waals surface area contributed by atoms with Gasteiger partial charge in [0.1, 0.15) is 0 Å². The molecule has 0 amide bonds. The fourth-order valence-electron chi connectivity index (χ4n) is 2.47. The van der Waals surface area contributed by atoms with Crippen LogP contribution in [0.1, 0.15) is 5.56 Å². The van der Waals surface area contributed by atoms with Crippen LogP contribution in [0.15, 0.2) is 53.6 Å². The van der Waals surface area contributed by atoms with Crippen molar-refractivity contribution in [1.29, 1.82) is 0 Å². The van der Waals surface area contributed by atoms with Crippen LogP contribution in [-0.4, -0.2) is 19.7 Å². The molecular formula is C16H15NO2S. The summed E-state index contributed by atoms with van der Waals surface area (Å²) in [6, 6.07) is 13.3. The molecule has 3 nitrogen and oxygen atoms in total. The van der Waals surface area contributed by atoms with E-state index in [0.29, 0.717) is 4.90 Å². The third-order valence-corrected chi connectivity index (χ3v) is 4.57. The van der Waals surface area contributed by atoms with Gasteiger partial charge in [0, 0.05) is 34.5 Å². The van der Waals surface area contributed by atoms with Crippen molar-refractivity contribution in [3.05, 3.63) is 54.2 Å². The molecule has 102 valence electrons. The van der Waals surface area contributed by atoms with Gasteiger partial charge in [0.15, 0.2) is 9.84 Å². The van der Waals surface area contributed by atoms with Gasteiger partial charge in [-0.15, -0.1) is 0 Å². The van der Waals surface area contributed by atoms with Crippen LogP contribution in [0.5, 0.6) is 0 Å². The molecule has 3 rings (SSSR count). The molecule has 0 aliphatic heterocycles. The second kappa shape index (κ2) is 4.49. The van der Waals surface area contributed by atoms with Crippen molar-refractivity contribution in [2.45, 2.75) is 11.8 Å². The van der Waals surface area contributed by atoms with Gasteiger partial charge in [-0.25, -0.2) is 8.42 Å². The van der Waals surface area contributed by atoms with Crippen molar-refractivity contribution < 1.29 is 8.42 Å². The summed E-state index contributed by atoms with van der Waals surface area (Å²) < 4.78 is 24.0. The highest BCUT2D eigenvalue weighted by Gasteiger charge is 2.17. The highest BCUT2D eigenvalue weighted by molar-refractivity contribution is 7.90. The van der Waals surface area contributed by atoms with Crippen LogP contribution in [0.25, 0.3) is 22.0 Å². The molecule has 0 bridgehead atoms. The van der Waals surface area contributed by atoms with Gasteiger partial charge in [0.2, 0.25) is 0 Å². The highest BCUT2D eigenvalue weighted by Crippen LogP contribution is 2.33. The zero-order chi connectivity index (χ0) is 14.3. The van der Waals surface area contributed by atoms with Gasteiger partial charge in [0.25, 0.3) is 0 Å². The van der Waals surface area contributed by atoms with E-state index in [9.17, 15) is 8.42 Å². The van der Waals surface area contributed by atoms with Crippen molar-refractivity contribution >= 4 is 20.7 Å². The minimum atomic E-state index is -3.26. The summed E-state index contributed by atoms with van der Waals surface area (Å²) in [5.41, 5.74) is 3.72. The third kappa shape index (κ3) is 2.12. The Morgan fingerprint density at radius 1 is 1.00 bits per heavy atom. The predicted molar refractivity (Wildman–Crippen MR) is 81.6 cm³/mol. The van der Waals surface area contributed by atoms with Gasteiger partial charge in [0.05, 0.1) is 4.90 Å². The standard InChI is InChI=1S/C16H15NO2S/c1-11-7-8-16(20(2,18)19)13(9-11)14-10-17-15-6-4-3-5-12(14)15/h3-10,17H,1-2H3. The van der Waals surface area contributed by atoms with Gasteiger partial charge in [-0.05, 0) is 19.1 Å². The lowest BCUT2D eigenvalue weighted by molar-refractivity contribution is 0.602. The van der Waals surface area contributed by atoms with Crippen LogP contribution >= 0.6 is 0 Å². The number of hydrogen-bond acceptors (Lipinski definition) is 2. The fraction of sp³-hybridized carbons (Fsp3) is 0.125. The first kappa shape index (κ1) is 12.9. The Bertz CT molecular complexity index is 892. The molecule has 0 saturated carbocycles. The van der Waals surface area contributed by atoms with E-state index in [2.05, 4.69) is 4.98 Å². The fourth-order valence-corrected chi connectivity index (χ4v) is 3.36. The number of sulfone groups is 1. The van der Waals surface area contributed by atoms with E-state index in [1.54, 1.807) is 6.07 Å². The number of hydrogen-bond donors (Lipinski definition) is 1. The first-order valence-electron chi connectivity index (χ1n) is 6.34. The molecule has 0 radical (unpaired) electrons. The van der Waals surface area contributed by atoms with Crippen LogP contribution in [0, 0.1) is 6.92 Å². The SMILES string of the molecule is Cc1ccc(S(C)(=O)=O)c(-c2c[nH]c3ccccc23)c1. The maximum absolute atomic E-state index is 12.0. The highest BCUT2D eigenvalue weighted by atomic mass is 32.2. The van der Waals surface area contributed by atoms with Crippen LogP contribution in [0.4, 0.5) is 0 Å². The predicted octanol–water partition coefficient (Wildman–Crippen LogP) is 3.55. The summed E-state index contributed by atoms with van der Waals surface area (Å²) in [5, 5.41) is 1.03. The molecule has 2 aromatic carbocycles. The van der Waals surface area contributed by atoms with E-state index in [-0.39, 0.29) is 0 Å². The van der Waals surface area contributed by atoms with Crippen molar-refractivity contribution in [3.8, 4) is 11.1 Å². The average molecular weight is 285 g/mol. The number of fused-ring (bicyclic) bond motifs is 1. The normalized spacial score (nSPS) is 11.9. The smallest absolute Gasteiger partial charge is 0.176 e. The van der Waals surface area contributed by atoms with E-state index < -0.39 is 9.84 Å². The van der Waals surface area contributed by atoms with Crippen molar-refractivity contribution in [2.75, 3.05) is 6.26 Å². The molecule has 0 saturated heterocycles. The van der Waals surface area contributed by atoms with Gasteiger partial charge >= 0.3 is 0 Å². The number of para-hydroxylation sites is 1. The van der Waals surface area contributed by atoms with Gasteiger partial charge < -0.3 is 4.98 Å². The molecular weight excluding hydrogens is 270 g/mol.